The quantitative estimate of drug-likeness (QED) is 0.820. The average Bonchev–Trinajstić information content (AvgIpc) is 2.67. The summed E-state index contributed by atoms with van der Waals surface area (Å²) in [6, 6.07) is 11.3. The molecule has 1 N–H and O–H groups in total. The molecule has 144 valence electrons. The van der Waals surface area contributed by atoms with Gasteiger partial charge in [-0.15, -0.1) is 0 Å². The first-order chi connectivity index (χ1) is 13.0. The zero-order valence-corrected chi connectivity index (χ0v) is 16.5. The fraction of sp³-hybridized carbons (Fsp3) is 0.368. The van der Waals surface area contributed by atoms with E-state index in [1.54, 1.807) is 6.08 Å². The fourth-order valence-electron chi connectivity index (χ4n) is 2.92. The van der Waals surface area contributed by atoms with Gasteiger partial charge in [-0.25, -0.2) is 13.4 Å². The molecule has 0 unspecified atom stereocenters. The van der Waals surface area contributed by atoms with Crippen molar-refractivity contribution in [3.05, 3.63) is 53.1 Å². The number of aromatic nitrogens is 2. The summed E-state index contributed by atoms with van der Waals surface area (Å²) in [5.41, 5.74) is 1.75. The summed E-state index contributed by atoms with van der Waals surface area (Å²) < 4.78 is 26.7. The number of anilines is 2. The van der Waals surface area contributed by atoms with E-state index in [-0.39, 0.29) is 0 Å². The number of nitrogens with zero attached hydrogens (tertiary/aromatic N) is 4. The van der Waals surface area contributed by atoms with Crippen LogP contribution in [-0.2, 0) is 10.0 Å². The number of benzene rings is 1. The maximum atomic E-state index is 12.6. The van der Waals surface area contributed by atoms with E-state index in [2.05, 4.69) is 15.3 Å². The van der Waals surface area contributed by atoms with Gasteiger partial charge in [-0.3, -0.25) is 0 Å². The van der Waals surface area contributed by atoms with Crippen LogP contribution in [0.5, 0.6) is 0 Å². The van der Waals surface area contributed by atoms with Crippen LogP contribution in [0.4, 0.5) is 11.8 Å². The Kier molecular flexibility index (Phi) is 6.08. The van der Waals surface area contributed by atoms with E-state index < -0.39 is 10.0 Å². The van der Waals surface area contributed by atoms with Crippen LogP contribution >= 0.6 is 0 Å². The maximum absolute atomic E-state index is 12.6. The second-order valence-corrected chi connectivity index (χ2v) is 8.19. The normalized spacial score (nSPS) is 16.0. The van der Waals surface area contributed by atoms with Crippen LogP contribution in [0.1, 0.15) is 18.2 Å². The molecule has 2 aromatic rings. The molecule has 0 aliphatic carbocycles. The second kappa shape index (κ2) is 8.49. The SMILES string of the molecule is CCNc1cc(C)nc(N2CCN(S(=O)(=O)/C=C/c3ccccc3)CC2)n1. The second-order valence-electron chi connectivity index (χ2n) is 6.37. The Morgan fingerprint density at radius 2 is 1.81 bits per heavy atom. The first-order valence-corrected chi connectivity index (χ1v) is 10.6. The highest BCUT2D eigenvalue weighted by Gasteiger charge is 2.26. The van der Waals surface area contributed by atoms with Gasteiger partial charge in [0.15, 0.2) is 0 Å². The number of hydrogen-bond donors (Lipinski definition) is 1. The third kappa shape index (κ3) is 5.05. The van der Waals surface area contributed by atoms with Crippen LogP contribution in [0, 0.1) is 6.92 Å². The van der Waals surface area contributed by atoms with Crippen molar-refractivity contribution >= 4 is 27.9 Å². The fourth-order valence-corrected chi connectivity index (χ4v) is 4.10. The highest BCUT2D eigenvalue weighted by molar-refractivity contribution is 7.92. The molecule has 1 aliphatic heterocycles. The Balaban J connectivity index is 1.65. The van der Waals surface area contributed by atoms with E-state index >= 15 is 0 Å². The molecule has 1 aliphatic rings. The van der Waals surface area contributed by atoms with Crippen molar-refractivity contribution < 1.29 is 8.42 Å². The summed E-state index contributed by atoms with van der Waals surface area (Å²) in [5, 5.41) is 4.48. The molecule has 0 spiro atoms. The third-order valence-electron chi connectivity index (χ3n) is 4.31. The molecule has 0 radical (unpaired) electrons. The van der Waals surface area contributed by atoms with E-state index in [0.717, 1.165) is 23.6 Å². The lowest BCUT2D eigenvalue weighted by Gasteiger charge is -2.33. The smallest absolute Gasteiger partial charge is 0.236 e. The van der Waals surface area contributed by atoms with Crippen molar-refractivity contribution in [1.82, 2.24) is 14.3 Å². The Morgan fingerprint density at radius 1 is 1.11 bits per heavy atom. The lowest BCUT2D eigenvalue weighted by atomic mass is 10.2. The van der Waals surface area contributed by atoms with Gasteiger partial charge in [0.2, 0.25) is 16.0 Å². The van der Waals surface area contributed by atoms with E-state index in [4.69, 9.17) is 0 Å². The molecule has 1 saturated heterocycles. The first kappa shape index (κ1) is 19.3. The largest absolute Gasteiger partial charge is 0.370 e. The van der Waals surface area contributed by atoms with Crippen molar-refractivity contribution in [2.45, 2.75) is 13.8 Å². The van der Waals surface area contributed by atoms with Gasteiger partial charge in [-0.1, -0.05) is 30.3 Å². The molecule has 0 amide bonds. The minimum absolute atomic E-state index is 0.412. The highest BCUT2D eigenvalue weighted by atomic mass is 32.2. The van der Waals surface area contributed by atoms with Gasteiger partial charge in [-0.2, -0.15) is 9.29 Å². The lowest BCUT2D eigenvalue weighted by Crippen LogP contribution is -2.48. The highest BCUT2D eigenvalue weighted by Crippen LogP contribution is 2.18. The minimum atomic E-state index is -3.44. The number of rotatable bonds is 6. The molecule has 0 saturated carbocycles. The van der Waals surface area contributed by atoms with Gasteiger partial charge >= 0.3 is 0 Å². The molecular weight excluding hydrogens is 362 g/mol. The average molecular weight is 388 g/mol. The Bertz CT molecular complexity index is 892. The molecule has 3 rings (SSSR count). The van der Waals surface area contributed by atoms with Crippen LogP contribution < -0.4 is 10.2 Å². The van der Waals surface area contributed by atoms with Crippen LogP contribution in [0.3, 0.4) is 0 Å². The first-order valence-electron chi connectivity index (χ1n) is 9.06. The lowest BCUT2D eigenvalue weighted by molar-refractivity contribution is 0.387. The molecule has 0 atom stereocenters. The Morgan fingerprint density at radius 3 is 2.48 bits per heavy atom. The van der Waals surface area contributed by atoms with Gasteiger partial charge < -0.3 is 10.2 Å². The zero-order chi connectivity index (χ0) is 19.3. The van der Waals surface area contributed by atoms with Crippen molar-refractivity contribution in [3.63, 3.8) is 0 Å². The molecule has 2 heterocycles. The van der Waals surface area contributed by atoms with E-state index in [1.807, 2.05) is 55.1 Å². The maximum Gasteiger partial charge on any atom is 0.236 e. The van der Waals surface area contributed by atoms with Crippen molar-refractivity contribution in [2.24, 2.45) is 0 Å². The molecule has 8 heteroatoms. The van der Waals surface area contributed by atoms with Crippen LogP contribution in [0.15, 0.2) is 41.8 Å². The molecule has 1 aromatic carbocycles. The number of hydrogen-bond acceptors (Lipinski definition) is 6. The van der Waals surface area contributed by atoms with Gasteiger partial charge in [0.25, 0.3) is 0 Å². The summed E-state index contributed by atoms with van der Waals surface area (Å²) in [6.07, 6.45) is 1.63. The van der Waals surface area contributed by atoms with E-state index in [1.165, 1.54) is 9.71 Å². The van der Waals surface area contributed by atoms with E-state index in [9.17, 15) is 8.42 Å². The van der Waals surface area contributed by atoms with Crippen molar-refractivity contribution in [1.29, 1.82) is 0 Å². The summed E-state index contributed by atoms with van der Waals surface area (Å²) in [6.45, 7) is 6.69. The topological polar surface area (TPSA) is 78.4 Å². The number of sulfonamides is 1. The predicted molar refractivity (Wildman–Crippen MR) is 109 cm³/mol. The van der Waals surface area contributed by atoms with Crippen molar-refractivity contribution in [2.75, 3.05) is 42.9 Å². The minimum Gasteiger partial charge on any atom is -0.370 e. The summed E-state index contributed by atoms with van der Waals surface area (Å²) in [7, 11) is -3.44. The van der Waals surface area contributed by atoms with Crippen LogP contribution in [-0.4, -0.2) is 55.4 Å². The third-order valence-corrected chi connectivity index (χ3v) is 5.88. The van der Waals surface area contributed by atoms with E-state index in [0.29, 0.717) is 32.1 Å². The molecule has 0 bridgehead atoms. The van der Waals surface area contributed by atoms with Crippen molar-refractivity contribution in [3.8, 4) is 0 Å². The Hall–Kier alpha value is -2.45. The van der Waals surface area contributed by atoms with Gasteiger partial charge in [-0.05, 0) is 25.5 Å². The standard InChI is InChI=1S/C19H25N5O2S/c1-3-20-18-15-16(2)21-19(22-18)23-10-12-24(13-11-23)27(25,26)14-9-17-7-5-4-6-8-17/h4-9,14-15H,3,10-13H2,1-2H3,(H,20,21,22)/b14-9+. The Labute approximate surface area is 160 Å². The number of piperazine rings is 1. The van der Waals surface area contributed by atoms with Crippen LogP contribution in [0.25, 0.3) is 6.08 Å². The van der Waals surface area contributed by atoms with Gasteiger partial charge in [0, 0.05) is 49.9 Å². The summed E-state index contributed by atoms with van der Waals surface area (Å²) in [5.74, 6) is 1.43. The monoisotopic (exact) mass is 387 g/mol. The zero-order valence-electron chi connectivity index (χ0n) is 15.7. The number of aryl methyl sites for hydroxylation is 1. The summed E-state index contributed by atoms with van der Waals surface area (Å²) in [4.78, 5) is 11.1. The molecule has 27 heavy (non-hydrogen) atoms. The van der Waals surface area contributed by atoms with Gasteiger partial charge in [0.05, 0.1) is 0 Å². The molecular formula is C19H25N5O2S. The molecule has 7 nitrogen and oxygen atoms in total. The van der Waals surface area contributed by atoms with Gasteiger partial charge in [0.1, 0.15) is 5.82 Å². The predicted octanol–water partition coefficient (Wildman–Crippen LogP) is 2.34. The molecule has 1 aromatic heterocycles. The summed E-state index contributed by atoms with van der Waals surface area (Å²) >= 11 is 0. The number of nitrogens with one attached hydrogen (secondary N) is 1. The van der Waals surface area contributed by atoms with Crippen LogP contribution in [0.2, 0.25) is 0 Å². The molecule has 1 fully saturated rings.